The molecule has 36 valence electrons. The van der Waals surface area contributed by atoms with E-state index in [0.29, 0.717) is 0 Å². The Labute approximate surface area is 52.2 Å². The van der Waals surface area contributed by atoms with Gasteiger partial charge in [-0.3, -0.25) is 0 Å². The molecule has 0 bridgehead atoms. The quantitative estimate of drug-likeness (QED) is 0.497. The molecule has 0 fully saturated rings. The zero-order chi connectivity index (χ0) is 5.15. The van der Waals surface area contributed by atoms with Gasteiger partial charge in [-0.25, -0.2) is 0 Å². The maximum atomic E-state index is 5.59. The number of hydrogen-bond donors (Lipinski definition) is 0. The molecule has 0 rings (SSSR count). The number of hydrogen-bond acceptors (Lipinski definition) is 0. The summed E-state index contributed by atoms with van der Waals surface area (Å²) in [6.45, 7) is 4.31. The van der Waals surface area contributed by atoms with E-state index in [9.17, 15) is 0 Å². The second kappa shape index (κ2) is 3.51. The maximum absolute atomic E-state index is 5.59. The van der Waals surface area contributed by atoms with Gasteiger partial charge in [0.15, 0.2) is 0 Å². The molecule has 0 saturated carbocycles. The first kappa shape index (κ1) is 7.51. The summed E-state index contributed by atoms with van der Waals surface area (Å²) in [7, 11) is 11.2. The summed E-state index contributed by atoms with van der Waals surface area (Å²) in [6.07, 6.45) is -0.254. The summed E-state index contributed by atoms with van der Waals surface area (Å²) in [6, 6.07) is 0. The average Bonchev–Trinajstić information content (AvgIpc) is 1.36. The van der Waals surface area contributed by atoms with E-state index < -0.39 is 14.5 Å². The van der Waals surface area contributed by atoms with Gasteiger partial charge >= 0.3 is 52.4 Å². The molecule has 0 aromatic rings. The van der Waals surface area contributed by atoms with E-state index in [1.54, 1.807) is 0 Å². The van der Waals surface area contributed by atoms with Crippen LogP contribution in [0.25, 0.3) is 0 Å². The molecule has 0 nitrogen and oxygen atoms in total. The van der Waals surface area contributed by atoms with Crippen molar-refractivity contribution < 1.29 is 14.5 Å². The van der Waals surface area contributed by atoms with Gasteiger partial charge in [-0.2, -0.15) is 0 Å². The van der Waals surface area contributed by atoms with Crippen molar-refractivity contribution in [2.45, 2.75) is 13.1 Å². The van der Waals surface area contributed by atoms with Crippen LogP contribution in [0, 0.1) is 0 Å². The van der Waals surface area contributed by atoms with E-state index in [1.165, 1.54) is 0 Å². The van der Waals surface area contributed by atoms with E-state index >= 15 is 0 Å². The predicted molar refractivity (Wildman–Crippen MR) is 29.2 cm³/mol. The molecule has 0 aliphatic rings. The summed E-state index contributed by atoms with van der Waals surface area (Å²) in [5.74, 6) is 0. The van der Waals surface area contributed by atoms with E-state index in [2.05, 4.69) is 13.1 Å². The first-order valence-electron chi connectivity index (χ1n) is 1.63. The SMILES string of the molecule is C[Si](C)=[Ti]([Cl])[Cl]. The van der Waals surface area contributed by atoms with E-state index in [-0.39, 0.29) is 6.19 Å². The summed E-state index contributed by atoms with van der Waals surface area (Å²) in [5.41, 5.74) is 0. The van der Waals surface area contributed by atoms with Crippen LogP contribution in [0.2, 0.25) is 13.1 Å². The molecule has 0 aromatic heterocycles. The third-order valence-corrected chi connectivity index (χ3v) is 14.0. The minimum atomic E-state index is -1.42. The molecule has 0 radical (unpaired) electrons. The average molecular weight is 177 g/mol. The summed E-state index contributed by atoms with van der Waals surface area (Å²) < 4.78 is 0. The third kappa shape index (κ3) is 3.69. The number of halogens is 2. The molecule has 0 atom stereocenters. The minimum absolute atomic E-state index is 0.254. The first-order chi connectivity index (χ1) is 2.64. The van der Waals surface area contributed by atoms with Crippen molar-refractivity contribution in [2.75, 3.05) is 0 Å². The van der Waals surface area contributed by atoms with Crippen molar-refractivity contribution in [3.05, 3.63) is 0 Å². The fourth-order valence-electron chi connectivity index (χ4n) is 0. The molecule has 0 aliphatic carbocycles. The van der Waals surface area contributed by atoms with Crippen LogP contribution >= 0.6 is 18.6 Å². The molecule has 0 unspecified atom stereocenters. The molecular weight excluding hydrogens is 171 g/mol. The topological polar surface area (TPSA) is 0 Å². The van der Waals surface area contributed by atoms with Gasteiger partial charge in [-0.05, 0) is 0 Å². The normalized spacial score (nSPS) is 8.00. The predicted octanol–water partition coefficient (Wildman–Crippen LogP) is 2.16. The first-order valence-corrected chi connectivity index (χ1v) is 10.8. The van der Waals surface area contributed by atoms with Gasteiger partial charge in [0.2, 0.25) is 0 Å². The van der Waals surface area contributed by atoms with E-state index in [0.717, 1.165) is 0 Å². The number of rotatable bonds is 0. The van der Waals surface area contributed by atoms with Crippen molar-refractivity contribution in [3.8, 4) is 0 Å². The second-order valence-electron chi connectivity index (χ2n) is 1.26. The van der Waals surface area contributed by atoms with E-state index in [1.807, 2.05) is 0 Å². The Balaban J connectivity index is 3.68. The Morgan fingerprint density at radius 1 is 1.33 bits per heavy atom. The molecule has 0 aromatic carbocycles. The van der Waals surface area contributed by atoms with Crippen molar-refractivity contribution in [2.24, 2.45) is 0 Å². The summed E-state index contributed by atoms with van der Waals surface area (Å²) >= 11 is -1.42. The van der Waals surface area contributed by atoms with Crippen molar-refractivity contribution in [3.63, 3.8) is 0 Å². The summed E-state index contributed by atoms with van der Waals surface area (Å²) in [4.78, 5) is 0. The van der Waals surface area contributed by atoms with Crippen LogP contribution in [-0.2, 0) is 14.5 Å². The molecule has 0 spiro atoms. The van der Waals surface area contributed by atoms with Gasteiger partial charge in [-0.15, -0.1) is 0 Å². The Morgan fingerprint density at radius 2 is 1.50 bits per heavy atom. The van der Waals surface area contributed by atoms with Crippen LogP contribution in [0.15, 0.2) is 0 Å². The van der Waals surface area contributed by atoms with Crippen molar-refractivity contribution >= 4 is 24.8 Å². The van der Waals surface area contributed by atoms with Crippen LogP contribution < -0.4 is 0 Å². The van der Waals surface area contributed by atoms with Crippen LogP contribution in [0.3, 0.4) is 0 Å². The van der Waals surface area contributed by atoms with Crippen molar-refractivity contribution in [1.29, 1.82) is 0 Å². The fraction of sp³-hybridized carbons (Fsp3) is 1.00. The molecule has 0 aliphatic heterocycles. The Hall–Kier alpha value is 1.51. The zero-order valence-corrected chi connectivity index (χ0v) is 7.83. The monoisotopic (exact) mass is 176 g/mol. The zero-order valence-electron chi connectivity index (χ0n) is 3.76. The van der Waals surface area contributed by atoms with Crippen LogP contribution in [-0.4, -0.2) is 6.19 Å². The molecule has 6 heavy (non-hydrogen) atoms. The Kier molecular flexibility index (Phi) is 4.39. The van der Waals surface area contributed by atoms with Crippen LogP contribution in [0.1, 0.15) is 0 Å². The molecule has 0 saturated heterocycles. The van der Waals surface area contributed by atoms with Gasteiger partial charge in [-0.1, -0.05) is 0 Å². The van der Waals surface area contributed by atoms with Gasteiger partial charge < -0.3 is 0 Å². The van der Waals surface area contributed by atoms with Crippen molar-refractivity contribution in [1.82, 2.24) is 0 Å². The van der Waals surface area contributed by atoms with Gasteiger partial charge in [0.1, 0.15) is 0 Å². The molecule has 0 heterocycles. The molecular formula is C2H6Cl2SiTi. The molecule has 0 amide bonds. The Bertz CT molecular complexity index is 61.6. The van der Waals surface area contributed by atoms with E-state index in [4.69, 9.17) is 18.6 Å². The standard InChI is InChI=1S/C2H6Si.2ClH.Ti/c1-3-2;;;/h1-2H3;2*1H;/q;;;+2/p-2. The van der Waals surface area contributed by atoms with Gasteiger partial charge in [0, 0.05) is 0 Å². The van der Waals surface area contributed by atoms with Gasteiger partial charge in [0.25, 0.3) is 0 Å². The fourth-order valence-corrected chi connectivity index (χ4v) is 0. The molecule has 4 heteroatoms. The summed E-state index contributed by atoms with van der Waals surface area (Å²) in [5, 5.41) is 0. The second-order valence-corrected chi connectivity index (χ2v) is 17.3. The van der Waals surface area contributed by atoms with Crippen LogP contribution in [0.4, 0.5) is 0 Å². The van der Waals surface area contributed by atoms with Gasteiger partial charge in [0.05, 0.1) is 0 Å². The third-order valence-electron chi connectivity index (χ3n) is 0.378. The molecule has 0 N–H and O–H groups in total. The van der Waals surface area contributed by atoms with Crippen LogP contribution in [0.5, 0.6) is 0 Å². The Morgan fingerprint density at radius 3 is 1.50 bits per heavy atom.